The Labute approximate surface area is 191 Å². The van der Waals surface area contributed by atoms with Gasteiger partial charge in [0.05, 0.1) is 22.4 Å². The number of aromatic nitrogens is 4. The maximum Gasteiger partial charge on any atom is 0.253 e. The van der Waals surface area contributed by atoms with Crippen molar-refractivity contribution in [2.75, 3.05) is 11.1 Å². The molecule has 0 unspecified atom stereocenters. The predicted octanol–water partition coefficient (Wildman–Crippen LogP) is 4.43. The monoisotopic (exact) mass is 484 g/mol. The van der Waals surface area contributed by atoms with Gasteiger partial charge in [-0.25, -0.2) is 9.97 Å². The van der Waals surface area contributed by atoms with Crippen molar-refractivity contribution in [1.82, 2.24) is 25.5 Å². The Morgan fingerprint density at radius 1 is 1.30 bits per heavy atom. The molecule has 3 rings (SSSR count). The molecule has 0 bridgehead atoms. The molecule has 0 aliphatic rings. The van der Waals surface area contributed by atoms with E-state index < -0.39 is 6.04 Å². The highest BCUT2D eigenvalue weighted by atomic mass is 35.5. The van der Waals surface area contributed by atoms with Crippen LogP contribution in [0.25, 0.3) is 0 Å². The Morgan fingerprint density at radius 3 is 2.77 bits per heavy atom. The molecule has 0 spiro atoms. The normalized spacial score (nSPS) is 12.0. The van der Waals surface area contributed by atoms with Crippen molar-refractivity contribution in [1.29, 1.82) is 0 Å². The standard InChI is InChI=1S/C18H18Cl2N6O2S2/c1-9(2)14(23-16(28)11-4-3-10(19)7-12(11)20)15-24-18(26-25-15)30-8-13(27)22-17-21-5-6-29-17/h3-7,9,14H,8H2,1-2H3,(H,23,28)(H,21,22,27)(H,24,25,26)/t14-/m1/s1. The van der Waals surface area contributed by atoms with E-state index in [4.69, 9.17) is 23.2 Å². The number of carbonyl (C=O) groups excluding carboxylic acids is 2. The number of rotatable bonds is 8. The first-order valence-electron chi connectivity index (χ1n) is 8.84. The Balaban J connectivity index is 1.63. The quantitative estimate of drug-likeness (QED) is 0.407. The Morgan fingerprint density at radius 2 is 2.10 bits per heavy atom. The number of nitrogens with zero attached hydrogens (tertiary/aromatic N) is 3. The van der Waals surface area contributed by atoms with E-state index in [0.29, 0.717) is 26.7 Å². The number of nitrogens with one attached hydrogen (secondary N) is 3. The molecule has 1 atom stereocenters. The molecular weight excluding hydrogens is 467 g/mol. The summed E-state index contributed by atoms with van der Waals surface area (Å²) in [6.45, 7) is 3.90. The van der Waals surface area contributed by atoms with E-state index in [0.717, 1.165) is 0 Å². The zero-order valence-electron chi connectivity index (χ0n) is 16.0. The fourth-order valence-corrected chi connectivity index (χ4v) is 4.12. The Kier molecular flexibility index (Phi) is 7.70. The lowest BCUT2D eigenvalue weighted by Gasteiger charge is -2.20. The predicted molar refractivity (Wildman–Crippen MR) is 119 cm³/mol. The minimum Gasteiger partial charge on any atom is -0.342 e. The summed E-state index contributed by atoms with van der Waals surface area (Å²) >= 11 is 14.6. The zero-order chi connectivity index (χ0) is 21.7. The van der Waals surface area contributed by atoms with Crippen molar-refractivity contribution >= 4 is 63.2 Å². The topological polar surface area (TPSA) is 113 Å². The number of thiazole rings is 1. The van der Waals surface area contributed by atoms with Gasteiger partial charge in [0, 0.05) is 16.6 Å². The van der Waals surface area contributed by atoms with Gasteiger partial charge >= 0.3 is 0 Å². The highest BCUT2D eigenvalue weighted by Crippen LogP contribution is 2.25. The number of benzene rings is 1. The largest absolute Gasteiger partial charge is 0.342 e. The van der Waals surface area contributed by atoms with E-state index in [1.807, 2.05) is 13.8 Å². The first kappa shape index (κ1) is 22.5. The molecular formula is C18H18Cl2N6O2S2. The molecule has 3 aromatic rings. The highest BCUT2D eigenvalue weighted by molar-refractivity contribution is 7.99. The number of carbonyl (C=O) groups is 2. The fourth-order valence-electron chi connectivity index (χ4n) is 2.48. The van der Waals surface area contributed by atoms with Crippen molar-refractivity contribution < 1.29 is 9.59 Å². The number of hydrogen-bond donors (Lipinski definition) is 3. The summed E-state index contributed by atoms with van der Waals surface area (Å²) in [5, 5.41) is 16.0. The SMILES string of the molecule is CC(C)[C@@H](NC(=O)c1ccc(Cl)cc1Cl)c1nc(SCC(=O)Nc2nccs2)n[nH]1. The van der Waals surface area contributed by atoms with Gasteiger partial charge in [0.25, 0.3) is 5.91 Å². The number of anilines is 1. The van der Waals surface area contributed by atoms with Gasteiger partial charge in [0.1, 0.15) is 5.82 Å². The second-order valence-corrected chi connectivity index (χ2v) is 9.18. The molecule has 30 heavy (non-hydrogen) atoms. The van der Waals surface area contributed by atoms with E-state index in [1.165, 1.54) is 29.2 Å². The third-order valence-electron chi connectivity index (χ3n) is 3.92. The minimum atomic E-state index is -0.421. The van der Waals surface area contributed by atoms with Gasteiger partial charge in [-0.2, -0.15) is 0 Å². The van der Waals surface area contributed by atoms with E-state index in [9.17, 15) is 9.59 Å². The molecule has 0 saturated heterocycles. The number of thioether (sulfide) groups is 1. The second kappa shape index (κ2) is 10.3. The van der Waals surface area contributed by atoms with Crippen LogP contribution in [0.15, 0.2) is 34.9 Å². The van der Waals surface area contributed by atoms with Crippen LogP contribution in [0.2, 0.25) is 10.0 Å². The average molecular weight is 485 g/mol. The van der Waals surface area contributed by atoms with Crippen molar-refractivity contribution in [2.24, 2.45) is 5.92 Å². The highest BCUT2D eigenvalue weighted by Gasteiger charge is 2.24. The van der Waals surface area contributed by atoms with Gasteiger partial charge < -0.3 is 10.6 Å². The molecule has 0 aliphatic heterocycles. The van der Waals surface area contributed by atoms with Crippen LogP contribution in [0.1, 0.15) is 36.1 Å². The summed E-state index contributed by atoms with van der Waals surface area (Å²) in [5.74, 6) is 0.108. The lowest BCUT2D eigenvalue weighted by molar-refractivity contribution is -0.113. The van der Waals surface area contributed by atoms with Crippen LogP contribution in [-0.2, 0) is 4.79 Å². The molecule has 12 heteroatoms. The van der Waals surface area contributed by atoms with Crippen LogP contribution in [-0.4, -0.2) is 37.7 Å². The van der Waals surface area contributed by atoms with Crippen LogP contribution in [0.5, 0.6) is 0 Å². The van der Waals surface area contributed by atoms with E-state index in [1.54, 1.807) is 23.7 Å². The summed E-state index contributed by atoms with van der Waals surface area (Å²) in [5.41, 5.74) is 0.319. The number of amides is 2. The first-order valence-corrected chi connectivity index (χ1v) is 11.5. The summed E-state index contributed by atoms with van der Waals surface area (Å²) in [7, 11) is 0. The van der Waals surface area contributed by atoms with Gasteiger partial charge in [-0.15, -0.1) is 16.4 Å². The summed E-state index contributed by atoms with van der Waals surface area (Å²) in [6.07, 6.45) is 1.62. The Bertz CT molecular complexity index is 1030. The van der Waals surface area contributed by atoms with Crippen LogP contribution in [0.3, 0.4) is 0 Å². The van der Waals surface area contributed by atoms with E-state index in [-0.39, 0.29) is 28.5 Å². The zero-order valence-corrected chi connectivity index (χ0v) is 19.1. The first-order chi connectivity index (χ1) is 14.3. The lowest BCUT2D eigenvalue weighted by Crippen LogP contribution is -2.32. The number of halogens is 2. The molecule has 1 aromatic carbocycles. The molecule has 8 nitrogen and oxygen atoms in total. The molecule has 158 valence electrons. The number of hydrogen-bond acceptors (Lipinski definition) is 7. The maximum absolute atomic E-state index is 12.7. The van der Waals surface area contributed by atoms with Crippen LogP contribution < -0.4 is 10.6 Å². The van der Waals surface area contributed by atoms with Crippen molar-refractivity contribution in [3.05, 3.63) is 51.2 Å². The third kappa shape index (κ3) is 5.94. The van der Waals surface area contributed by atoms with Crippen molar-refractivity contribution in [3.8, 4) is 0 Å². The summed E-state index contributed by atoms with van der Waals surface area (Å²) in [6, 6.07) is 4.27. The number of aromatic amines is 1. The van der Waals surface area contributed by atoms with Gasteiger partial charge in [0.15, 0.2) is 5.13 Å². The third-order valence-corrected chi connectivity index (χ3v) is 6.00. The van der Waals surface area contributed by atoms with Crippen LogP contribution in [0, 0.1) is 5.92 Å². The molecule has 3 N–H and O–H groups in total. The summed E-state index contributed by atoms with van der Waals surface area (Å²) < 4.78 is 0. The maximum atomic E-state index is 12.7. The van der Waals surface area contributed by atoms with Gasteiger partial charge in [-0.3, -0.25) is 14.7 Å². The molecule has 0 radical (unpaired) electrons. The van der Waals surface area contributed by atoms with Gasteiger partial charge in [-0.1, -0.05) is 48.8 Å². The fraction of sp³-hybridized carbons (Fsp3) is 0.278. The summed E-state index contributed by atoms with van der Waals surface area (Å²) in [4.78, 5) is 33.1. The molecule has 0 saturated carbocycles. The second-order valence-electron chi connectivity index (χ2n) is 6.50. The average Bonchev–Trinajstić information content (AvgIpc) is 3.36. The minimum absolute atomic E-state index is 0.0269. The molecule has 2 amide bonds. The van der Waals surface area contributed by atoms with Gasteiger partial charge in [-0.05, 0) is 24.1 Å². The lowest BCUT2D eigenvalue weighted by atomic mass is 10.0. The van der Waals surface area contributed by atoms with E-state index in [2.05, 4.69) is 30.8 Å². The van der Waals surface area contributed by atoms with Gasteiger partial charge in [0.2, 0.25) is 11.1 Å². The van der Waals surface area contributed by atoms with Crippen molar-refractivity contribution in [2.45, 2.75) is 25.0 Å². The smallest absolute Gasteiger partial charge is 0.253 e. The Hall–Kier alpha value is -2.14. The van der Waals surface area contributed by atoms with E-state index >= 15 is 0 Å². The molecule has 2 heterocycles. The van der Waals surface area contributed by atoms with Crippen LogP contribution in [0.4, 0.5) is 5.13 Å². The molecule has 0 aliphatic carbocycles. The number of H-pyrrole nitrogens is 1. The van der Waals surface area contributed by atoms with Crippen molar-refractivity contribution in [3.63, 3.8) is 0 Å². The molecule has 2 aromatic heterocycles. The molecule has 0 fully saturated rings. The van der Waals surface area contributed by atoms with Crippen LogP contribution >= 0.6 is 46.3 Å².